The van der Waals surface area contributed by atoms with Gasteiger partial charge >= 0.3 is 5.69 Å². The van der Waals surface area contributed by atoms with E-state index in [-0.39, 0.29) is 18.0 Å². The van der Waals surface area contributed by atoms with E-state index in [2.05, 4.69) is 15.5 Å². The van der Waals surface area contributed by atoms with Gasteiger partial charge in [0, 0.05) is 30.2 Å². The Morgan fingerprint density at radius 1 is 1.28 bits per heavy atom. The third kappa shape index (κ3) is 5.12. The lowest BCUT2D eigenvalue weighted by atomic mass is 10.2. The van der Waals surface area contributed by atoms with E-state index in [1.54, 1.807) is 19.2 Å². The number of nitrogens with one attached hydrogen (secondary N) is 1. The topological polar surface area (TPSA) is 120 Å². The second-order valence-electron chi connectivity index (χ2n) is 6.07. The number of nitrogens with zero attached hydrogens (tertiary/aromatic N) is 3. The molecule has 0 fully saturated rings. The number of ether oxygens (including phenoxy) is 1. The van der Waals surface area contributed by atoms with E-state index in [1.165, 1.54) is 6.07 Å². The van der Waals surface area contributed by atoms with Gasteiger partial charge in [-0.1, -0.05) is 5.16 Å². The summed E-state index contributed by atoms with van der Waals surface area (Å²) in [5.74, 6) is 0.222. The summed E-state index contributed by atoms with van der Waals surface area (Å²) >= 11 is 0. The van der Waals surface area contributed by atoms with Crippen LogP contribution >= 0.6 is 0 Å². The summed E-state index contributed by atoms with van der Waals surface area (Å²) in [7, 11) is 1.58. The van der Waals surface area contributed by atoms with Crippen molar-refractivity contribution >= 4 is 17.3 Å². The molecule has 0 spiro atoms. The first kappa shape index (κ1) is 19.9. The van der Waals surface area contributed by atoms with E-state index < -0.39 is 16.4 Å². The maximum absolute atomic E-state index is 13.3. The van der Waals surface area contributed by atoms with Gasteiger partial charge in [-0.2, -0.15) is 9.37 Å². The minimum atomic E-state index is -0.961. The lowest BCUT2D eigenvalue weighted by Crippen LogP contribution is -2.12. The number of amides is 1. The van der Waals surface area contributed by atoms with E-state index in [0.29, 0.717) is 24.6 Å². The Labute approximate surface area is 164 Å². The second kappa shape index (κ2) is 8.91. The van der Waals surface area contributed by atoms with Crippen LogP contribution < -0.4 is 10.1 Å². The molecule has 0 bridgehead atoms. The number of aryl methyl sites for hydroxylation is 1. The molecule has 0 saturated carbocycles. The van der Waals surface area contributed by atoms with Crippen molar-refractivity contribution in [2.45, 2.75) is 19.3 Å². The highest BCUT2D eigenvalue weighted by Crippen LogP contribution is 2.22. The molecule has 0 radical (unpaired) electrons. The molecule has 0 saturated heterocycles. The van der Waals surface area contributed by atoms with Crippen LogP contribution in [0.3, 0.4) is 0 Å². The normalized spacial score (nSPS) is 10.6. The SMILES string of the molecule is COc1ccc(-c2noc(CCCC(=O)Nc3ccc(F)c([N+](=O)[O-])c3)n2)cc1. The molecule has 9 nitrogen and oxygen atoms in total. The Morgan fingerprint density at radius 3 is 2.72 bits per heavy atom. The van der Waals surface area contributed by atoms with Crippen molar-refractivity contribution in [1.82, 2.24) is 10.1 Å². The molecule has 1 amide bonds. The average Bonchev–Trinajstić information content (AvgIpc) is 3.18. The Balaban J connectivity index is 1.51. The number of aromatic nitrogens is 2. The van der Waals surface area contributed by atoms with Gasteiger partial charge in [0.05, 0.1) is 12.0 Å². The minimum absolute atomic E-state index is 0.130. The van der Waals surface area contributed by atoms with Gasteiger partial charge in [0.25, 0.3) is 0 Å². The fourth-order valence-corrected chi connectivity index (χ4v) is 2.57. The summed E-state index contributed by atoms with van der Waals surface area (Å²) in [5, 5.41) is 17.2. The molecule has 29 heavy (non-hydrogen) atoms. The quantitative estimate of drug-likeness (QED) is 0.451. The molecule has 0 aliphatic carbocycles. The summed E-state index contributed by atoms with van der Waals surface area (Å²) in [6.07, 6.45) is 0.949. The van der Waals surface area contributed by atoms with E-state index in [4.69, 9.17) is 9.26 Å². The first-order valence-electron chi connectivity index (χ1n) is 8.67. The molecular formula is C19H17FN4O5. The molecule has 10 heteroatoms. The average molecular weight is 400 g/mol. The summed E-state index contributed by atoms with van der Waals surface area (Å²) in [6.45, 7) is 0. The zero-order valence-corrected chi connectivity index (χ0v) is 15.4. The highest BCUT2D eigenvalue weighted by atomic mass is 19.1. The zero-order chi connectivity index (χ0) is 20.8. The van der Waals surface area contributed by atoms with Gasteiger partial charge in [0.1, 0.15) is 5.75 Å². The standard InChI is InChI=1S/C19H17FN4O5/c1-28-14-8-5-12(6-9-14)19-22-18(29-23-19)4-2-3-17(25)21-13-7-10-15(20)16(11-13)24(26)27/h5-11H,2-4H2,1H3,(H,21,25). The van der Waals surface area contributed by atoms with E-state index >= 15 is 0 Å². The maximum Gasteiger partial charge on any atom is 0.306 e. The van der Waals surface area contributed by atoms with Crippen molar-refractivity contribution in [2.24, 2.45) is 0 Å². The number of methoxy groups -OCH3 is 1. The van der Waals surface area contributed by atoms with Gasteiger partial charge in [-0.05, 0) is 42.8 Å². The van der Waals surface area contributed by atoms with Crippen LogP contribution in [0, 0.1) is 15.9 Å². The van der Waals surface area contributed by atoms with Crippen molar-refractivity contribution in [2.75, 3.05) is 12.4 Å². The van der Waals surface area contributed by atoms with Crippen molar-refractivity contribution in [1.29, 1.82) is 0 Å². The van der Waals surface area contributed by atoms with Crippen LogP contribution in [0.5, 0.6) is 5.75 Å². The molecule has 0 atom stereocenters. The molecule has 150 valence electrons. The lowest BCUT2D eigenvalue weighted by molar-refractivity contribution is -0.387. The molecular weight excluding hydrogens is 383 g/mol. The first-order chi connectivity index (χ1) is 14.0. The number of hydrogen-bond acceptors (Lipinski definition) is 7. The molecule has 0 unspecified atom stereocenters. The predicted octanol–water partition coefficient (Wildman–Crippen LogP) is 3.75. The summed E-state index contributed by atoms with van der Waals surface area (Å²) in [4.78, 5) is 26.2. The predicted molar refractivity (Wildman–Crippen MR) is 101 cm³/mol. The van der Waals surface area contributed by atoms with Crippen LogP contribution in [-0.2, 0) is 11.2 Å². The third-order valence-electron chi connectivity index (χ3n) is 4.04. The zero-order valence-electron chi connectivity index (χ0n) is 15.4. The monoisotopic (exact) mass is 400 g/mol. The van der Waals surface area contributed by atoms with Crippen LogP contribution in [0.25, 0.3) is 11.4 Å². The number of nitro benzene ring substituents is 1. The number of anilines is 1. The molecule has 1 aromatic heterocycles. The van der Waals surface area contributed by atoms with Crippen molar-refractivity contribution in [3.63, 3.8) is 0 Å². The van der Waals surface area contributed by atoms with Gasteiger partial charge < -0.3 is 14.6 Å². The van der Waals surface area contributed by atoms with Gasteiger partial charge in [-0.25, -0.2) is 0 Å². The van der Waals surface area contributed by atoms with E-state index in [0.717, 1.165) is 23.4 Å². The second-order valence-corrected chi connectivity index (χ2v) is 6.07. The van der Waals surface area contributed by atoms with Gasteiger partial charge in [0.2, 0.25) is 23.4 Å². The number of rotatable bonds is 8. The van der Waals surface area contributed by atoms with Crippen molar-refractivity contribution in [3.8, 4) is 17.1 Å². The van der Waals surface area contributed by atoms with Crippen molar-refractivity contribution < 1.29 is 23.4 Å². The number of benzene rings is 2. The van der Waals surface area contributed by atoms with Gasteiger partial charge in [-0.3, -0.25) is 14.9 Å². The number of nitro groups is 1. The largest absolute Gasteiger partial charge is 0.497 e. The number of halogens is 1. The maximum atomic E-state index is 13.3. The van der Waals surface area contributed by atoms with Crippen LogP contribution in [0.1, 0.15) is 18.7 Å². The highest BCUT2D eigenvalue weighted by molar-refractivity contribution is 5.91. The van der Waals surface area contributed by atoms with Crippen LogP contribution in [0.4, 0.5) is 15.8 Å². The summed E-state index contributed by atoms with van der Waals surface area (Å²) in [6, 6.07) is 10.4. The molecule has 2 aromatic carbocycles. The first-order valence-corrected chi connectivity index (χ1v) is 8.67. The van der Waals surface area contributed by atoms with Crippen LogP contribution in [0.15, 0.2) is 47.0 Å². The number of carbonyl (C=O) groups is 1. The van der Waals surface area contributed by atoms with Crippen molar-refractivity contribution in [3.05, 3.63) is 64.3 Å². The van der Waals surface area contributed by atoms with E-state index in [1.807, 2.05) is 12.1 Å². The number of hydrogen-bond donors (Lipinski definition) is 1. The fraction of sp³-hybridized carbons (Fsp3) is 0.211. The van der Waals surface area contributed by atoms with Crippen LogP contribution in [-0.4, -0.2) is 28.1 Å². The number of carbonyl (C=O) groups excluding carboxylic acids is 1. The lowest BCUT2D eigenvalue weighted by Gasteiger charge is -2.04. The van der Waals surface area contributed by atoms with Crippen LogP contribution in [0.2, 0.25) is 0 Å². The smallest absolute Gasteiger partial charge is 0.306 e. The highest BCUT2D eigenvalue weighted by Gasteiger charge is 2.15. The Bertz CT molecular complexity index is 1020. The fourth-order valence-electron chi connectivity index (χ4n) is 2.57. The molecule has 0 aliphatic heterocycles. The Hall–Kier alpha value is -3.82. The van der Waals surface area contributed by atoms with Gasteiger partial charge in [-0.15, -0.1) is 0 Å². The summed E-state index contributed by atoms with van der Waals surface area (Å²) < 4.78 is 23.6. The van der Waals surface area contributed by atoms with E-state index in [9.17, 15) is 19.3 Å². The Kier molecular flexibility index (Phi) is 6.12. The molecule has 1 N–H and O–H groups in total. The molecule has 0 aliphatic rings. The molecule has 3 aromatic rings. The molecule has 1 heterocycles. The summed E-state index contributed by atoms with van der Waals surface area (Å²) in [5.41, 5.74) is 0.235. The molecule has 3 rings (SSSR count). The minimum Gasteiger partial charge on any atom is -0.497 e. The van der Waals surface area contributed by atoms with Gasteiger partial charge in [0.15, 0.2) is 0 Å². The Morgan fingerprint density at radius 2 is 2.03 bits per heavy atom. The third-order valence-corrected chi connectivity index (χ3v) is 4.04.